The first-order valence-corrected chi connectivity index (χ1v) is 11.2. The van der Waals surface area contributed by atoms with Crippen molar-refractivity contribution in [3.8, 4) is 5.75 Å². The first kappa shape index (κ1) is 21.7. The molecular formula is C27H24FN3O3. The summed E-state index contributed by atoms with van der Waals surface area (Å²) in [6.07, 6.45) is 2.37. The standard InChI is InChI=1S/C27H24FN3O3/c1-34-23-13-7-18(8-14-23)24-25(27(33)31(26(24)32)22-6-4-5-19(28)17-22)29-20-9-11-21(12-10-20)30-15-2-3-16-30/h4-14,17,29H,2-3,15-16H2,1H3. The Bertz CT molecular complexity index is 1260. The van der Waals surface area contributed by atoms with Crippen LogP contribution in [0.1, 0.15) is 18.4 Å². The molecule has 7 heteroatoms. The number of carbonyl (C=O) groups excluding carboxylic acids is 2. The van der Waals surface area contributed by atoms with Gasteiger partial charge in [0.25, 0.3) is 11.8 Å². The average Bonchev–Trinajstić information content (AvgIpc) is 3.47. The highest BCUT2D eigenvalue weighted by Gasteiger charge is 2.40. The number of carbonyl (C=O) groups is 2. The van der Waals surface area contributed by atoms with E-state index in [0.29, 0.717) is 17.0 Å². The van der Waals surface area contributed by atoms with E-state index in [0.717, 1.165) is 23.7 Å². The van der Waals surface area contributed by atoms with Crippen LogP contribution in [0.3, 0.4) is 0 Å². The molecule has 3 aromatic rings. The Morgan fingerprint density at radius 3 is 2.21 bits per heavy atom. The maximum absolute atomic E-state index is 13.9. The average molecular weight is 458 g/mol. The highest BCUT2D eigenvalue weighted by atomic mass is 19.1. The molecule has 34 heavy (non-hydrogen) atoms. The van der Waals surface area contributed by atoms with Gasteiger partial charge in [0.15, 0.2) is 0 Å². The van der Waals surface area contributed by atoms with Crippen molar-refractivity contribution < 1.29 is 18.7 Å². The molecule has 0 atom stereocenters. The van der Waals surface area contributed by atoms with Crippen molar-refractivity contribution in [1.82, 2.24) is 0 Å². The summed E-state index contributed by atoms with van der Waals surface area (Å²) in [6, 6.07) is 20.2. The Labute approximate surface area is 197 Å². The molecule has 0 radical (unpaired) electrons. The molecule has 6 nitrogen and oxygen atoms in total. The van der Waals surface area contributed by atoms with Gasteiger partial charge in [-0.3, -0.25) is 9.59 Å². The van der Waals surface area contributed by atoms with Gasteiger partial charge in [-0.15, -0.1) is 0 Å². The van der Waals surface area contributed by atoms with E-state index in [4.69, 9.17) is 4.74 Å². The van der Waals surface area contributed by atoms with Gasteiger partial charge >= 0.3 is 0 Å². The highest BCUT2D eigenvalue weighted by molar-refractivity contribution is 6.46. The summed E-state index contributed by atoms with van der Waals surface area (Å²) in [5.41, 5.74) is 2.93. The van der Waals surface area contributed by atoms with E-state index in [-0.39, 0.29) is 17.0 Å². The van der Waals surface area contributed by atoms with Gasteiger partial charge in [0.2, 0.25) is 0 Å². The van der Waals surface area contributed by atoms with Crippen molar-refractivity contribution in [1.29, 1.82) is 0 Å². The van der Waals surface area contributed by atoms with E-state index in [9.17, 15) is 14.0 Å². The fourth-order valence-corrected chi connectivity index (χ4v) is 4.40. The van der Waals surface area contributed by atoms with E-state index >= 15 is 0 Å². The number of hydrogen-bond donors (Lipinski definition) is 1. The molecule has 172 valence electrons. The SMILES string of the molecule is COc1ccc(C2=C(Nc3ccc(N4CCCC4)cc3)C(=O)N(c3cccc(F)c3)C2=O)cc1. The fourth-order valence-electron chi connectivity index (χ4n) is 4.40. The van der Waals surface area contributed by atoms with E-state index in [1.54, 1.807) is 31.4 Å². The van der Waals surface area contributed by atoms with Crippen LogP contribution in [0.25, 0.3) is 5.57 Å². The van der Waals surface area contributed by atoms with Crippen molar-refractivity contribution in [2.75, 3.05) is 35.3 Å². The third-order valence-electron chi connectivity index (χ3n) is 6.14. The number of nitrogens with zero attached hydrogens (tertiary/aromatic N) is 2. The van der Waals surface area contributed by atoms with Crippen LogP contribution in [-0.4, -0.2) is 32.0 Å². The van der Waals surface area contributed by atoms with Crippen LogP contribution in [-0.2, 0) is 9.59 Å². The summed E-state index contributed by atoms with van der Waals surface area (Å²) in [5, 5.41) is 3.15. The molecule has 2 aliphatic rings. The van der Waals surface area contributed by atoms with Gasteiger partial charge in [-0.05, 0) is 73.0 Å². The van der Waals surface area contributed by atoms with Crippen LogP contribution in [0.15, 0.2) is 78.5 Å². The van der Waals surface area contributed by atoms with Gasteiger partial charge in [0.05, 0.1) is 18.4 Å². The second-order valence-electron chi connectivity index (χ2n) is 8.27. The molecule has 2 aliphatic heterocycles. The molecule has 0 spiro atoms. The quantitative estimate of drug-likeness (QED) is 0.537. The number of halogens is 1. The number of nitrogens with one attached hydrogen (secondary N) is 1. The second-order valence-corrected chi connectivity index (χ2v) is 8.27. The summed E-state index contributed by atoms with van der Waals surface area (Å²) in [7, 11) is 1.56. The number of methoxy groups -OCH3 is 1. The third kappa shape index (κ3) is 4.01. The van der Waals surface area contributed by atoms with Crippen LogP contribution in [0.5, 0.6) is 5.75 Å². The number of rotatable bonds is 6. The molecule has 0 aliphatic carbocycles. The Hall–Kier alpha value is -4.13. The van der Waals surface area contributed by atoms with Gasteiger partial charge in [0.1, 0.15) is 17.3 Å². The Balaban J connectivity index is 1.52. The molecule has 0 saturated carbocycles. The lowest BCUT2D eigenvalue weighted by atomic mass is 10.0. The molecule has 5 rings (SSSR count). The predicted octanol–water partition coefficient (Wildman–Crippen LogP) is 4.83. The minimum atomic E-state index is -0.537. The molecule has 3 aromatic carbocycles. The summed E-state index contributed by atoms with van der Waals surface area (Å²) in [6.45, 7) is 2.07. The monoisotopic (exact) mass is 457 g/mol. The van der Waals surface area contributed by atoms with E-state index in [2.05, 4.69) is 10.2 Å². The van der Waals surface area contributed by atoms with Crippen molar-refractivity contribution in [2.45, 2.75) is 12.8 Å². The van der Waals surface area contributed by atoms with E-state index in [1.165, 1.54) is 37.1 Å². The topological polar surface area (TPSA) is 61.9 Å². The van der Waals surface area contributed by atoms with Crippen molar-refractivity contribution >= 4 is 34.4 Å². The van der Waals surface area contributed by atoms with Crippen LogP contribution in [0.4, 0.5) is 21.5 Å². The first-order chi connectivity index (χ1) is 16.5. The molecule has 2 heterocycles. The fraction of sp³-hybridized carbons (Fsp3) is 0.185. The van der Waals surface area contributed by atoms with Crippen molar-refractivity contribution in [2.24, 2.45) is 0 Å². The Morgan fingerprint density at radius 2 is 1.56 bits per heavy atom. The van der Waals surface area contributed by atoms with Crippen LogP contribution < -0.4 is 19.9 Å². The third-order valence-corrected chi connectivity index (χ3v) is 6.14. The number of ether oxygens (including phenoxy) is 1. The molecular weight excluding hydrogens is 433 g/mol. The smallest absolute Gasteiger partial charge is 0.282 e. The van der Waals surface area contributed by atoms with Crippen molar-refractivity contribution in [3.63, 3.8) is 0 Å². The van der Waals surface area contributed by atoms with Crippen LogP contribution >= 0.6 is 0 Å². The Kier molecular flexibility index (Phi) is 5.76. The minimum absolute atomic E-state index is 0.147. The summed E-state index contributed by atoms with van der Waals surface area (Å²) in [5.74, 6) is -0.944. The number of imide groups is 1. The lowest BCUT2D eigenvalue weighted by molar-refractivity contribution is -0.120. The lowest BCUT2D eigenvalue weighted by Crippen LogP contribution is -2.32. The maximum Gasteiger partial charge on any atom is 0.282 e. The number of hydrogen-bond acceptors (Lipinski definition) is 5. The number of benzene rings is 3. The molecule has 1 fully saturated rings. The maximum atomic E-state index is 13.9. The Morgan fingerprint density at radius 1 is 0.853 bits per heavy atom. The minimum Gasteiger partial charge on any atom is -0.497 e. The summed E-state index contributed by atoms with van der Waals surface area (Å²) < 4.78 is 19.1. The molecule has 2 amide bonds. The van der Waals surface area contributed by atoms with Crippen molar-refractivity contribution in [3.05, 3.63) is 89.9 Å². The van der Waals surface area contributed by atoms with E-state index in [1.807, 2.05) is 24.3 Å². The lowest BCUT2D eigenvalue weighted by Gasteiger charge is -2.18. The molecule has 0 bridgehead atoms. The largest absolute Gasteiger partial charge is 0.497 e. The number of amides is 2. The van der Waals surface area contributed by atoms with Crippen LogP contribution in [0.2, 0.25) is 0 Å². The van der Waals surface area contributed by atoms with E-state index < -0.39 is 17.6 Å². The molecule has 0 unspecified atom stereocenters. The van der Waals surface area contributed by atoms with Crippen LogP contribution in [0, 0.1) is 5.82 Å². The van der Waals surface area contributed by atoms with Gasteiger partial charge in [-0.2, -0.15) is 0 Å². The molecule has 0 aromatic heterocycles. The van der Waals surface area contributed by atoms with Gasteiger partial charge < -0.3 is 15.0 Å². The second kappa shape index (κ2) is 9.02. The van der Waals surface area contributed by atoms with Gasteiger partial charge in [-0.25, -0.2) is 9.29 Å². The zero-order valence-electron chi connectivity index (χ0n) is 18.8. The van der Waals surface area contributed by atoms with Gasteiger partial charge in [0, 0.05) is 24.5 Å². The zero-order valence-corrected chi connectivity index (χ0v) is 18.8. The predicted molar refractivity (Wildman–Crippen MR) is 130 cm³/mol. The van der Waals surface area contributed by atoms with Gasteiger partial charge in [-0.1, -0.05) is 18.2 Å². The zero-order chi connectivity index (χ0) is 23.7. The normalized spacial score (nSPS) is 15.9. The molecule has 1 saturated heterocycles. The first-order valence-electron chi connectivity index (χ1n) is 11.2. The highest BCUT2D eigenvalue weighted by Crippen LogP contribution is 2.35. The summed E-state index contributed by atoms with van der Waals surface area (Å²) >= 11 is 0. The molecule has 1 N–H and O–H groups in total. The number of anilines is 3. The summed E-state index contributed by atoms with van der Waals surface area (Å²) in [4.78, 5) is 30.2.